The quantitative estimate of drug-likeness (QED) is 0.719. The minimum absolute atomic E-state index is 0.102. The van der Waals surface area contributed by atoms with Gasteiger partial charge in [0.1, 0.15) is 0 Å². The first-order valence-electron chi connectivity index (χ1n) is 10.5. The molecule has 1 heterocycles. The topological polar surface area (TPSA) is 57.6 Å². The van der Waals surface area contributed by atoms with Crippen molar-refractivity contribution in [3.05, 3.63) is 41.2 Å². The number of benzene rings is 1. The Balaban J connectivity index is 1.77. The van der Waals surface area contributed by atoms with Crippen LogP contribution in [0.1, 0.15) is 81.8 Å². The maximum atomic E-state index is 13.1. The first kappa shape index (κ1) is 19.7. The highest BCUT2D eigenvalue weighted by molar-refractivity contribution is 6.35. The van der Waals surface area contributed by atoms with Gasteiger partial charge < -0.3 is 5.11 Å². The predicted octanol–water partition coefficient (Wildman–Crippen LogP) is 5.31. The SMILES string of the molecule is Cc1ccc(C2=C(O)C(=O)N(C3CCCCCCCCCCC3)C2=O)cc1. The van der Waals surface area contributed by atoms with Gasteiger partial charge in [0.2, 0.25) is 0 Å². The van der Waals surface area contributed by atoms with Crippen molar-refractivity contribution in [1.82, 2.24) is 4.90 Å². The monoisotopic (exact) mass is 369 g/mol. The molecule has 0 unspecified atom stereocenters. The lowest BCUT2D eigenvalue weighted by atomic mass is 9.96. The first-order valence-corrected chi connectivity index (χ1v) is 10.5. The van der Waals surface area contributed by atoms with E-state index >= 15 is 0 Å². The summed E-state index contributed by atoms with van der Waals surface area (Å²) in [4.78, 5) is 27.2. The third kappa shape index (κ3) is 4.60. The number of carbonyl (C=O) groups excluding carboxylic acids is 2. The van der Waals surface area contributed by atoms with Gasteiger partial charge in [-0.3, -0.25) is 14.5 Å². The van der Waals surface area contributed by atoms with Gasteiger partial charge in [-0.15, -0.1) is 0 Å². The summed E-state index contributed by atoms with van der Waals surface area (Å²) in [5, 5.41) is 10.4. The fraction of sp³-hybridized carbons (Fsp3) is 0.565. The third-order valence-electron chi connectivity index (χ3n) is 5.87. The molecule has 1 saturated carbocycles. The zero-order chi connectivity index (χ0) is 19.2. The number of aliphatic hydroxyl groups excluding tert-OH is 1. The summed E-state index contributed by atoms with van der Waals surface area (Å²) in [6, 6.07) is 7.29. The number of carbonyl (C=O) groups is 2. The molecule has 1 aromatic rings. The average Bonchev–Trinajstić information content (AvgIpc) is 2.86. The van der Waals surface area contributed by atoms with Gasteiger partial charge in [-0.2, -0.15) is 0 Å². The third-order valence-corrected chi connectivity index (χ3v) is 5.87. The van der Waals surface area contributed by atoms with Crippen molar-refractivity contribution in [2.24, 2.45) is 0 Å². The molecule has 0 bridgehead atoms. The van der Waals surface area contributed by atoms with E-state index in [0.29, 0.717) is 5.56 Å². The summed E-state index contributed by atoms with van der Waals surface area (Å²) in [6.07, 6.45) is 12.4. The van der Waals surface area contributed by atoms with Crippen LogP contribution >= 0.6 is 0 Å². The lowest BCUT2D eigenvalue weighted by molar-refractivity contribution is -0.141. The van der Waals surface area contributed by atoms with Crippen molar-refractivity contribution in [1.29, 1.82) is 0 Å². The van der Waals surface area contributed by atoms with Crippen LogP contribution in [0.15, 0.2) is 30.0 Å². The summed E-state index contributed by atoms with van der Waals surface area (Å²) in [5.74, 6) is -1.25. The first-order chi connectivity index (χ1) is 13.1. The summed E-state index contributed by atoms with van der Waals surface area (Å²) in [6.45, 7) is 1.97. The van der Waals surface area contributed by atoms with Gasteiger partial charge in [0, 0.05) is 6.04 Å². The Kier molecular flexibility index (Phi) is 6.70. The molecule has 0 saturated heterocycles. The lowest BCUT2D eigenvalue weighted by Gasteiger charge is -2.27. The molecule has 4 nitrogen and oxygen atoms in total. The highest BCUT2D eigenvalue weighted by Crippen LogP contribution is 2.32. The second kappa shape index (κ2) is 9.20. The second-order valence-corrected chi connectivity index (χ2v) is 7.98. The van der Waals surface area contributed by atoms with Crippen molar-refractivity contribution < 1.29 is 14.7 Å². The molecular formula is C23H31NO3. The molecule has 0 atom stereocenters. The molecule has 1 fully saturated rings. The molecule has 1 aliphatic heterocycles. The Labute approximate surface area is 162 Å². The van der Waals surface area contributed by atoms with Crippen LogP contribution in [0.3, 0.4) is 0 Å². The Morgan fingerprint density at radius 2 is 1.26 bits per heavy atom. The minimum Gasteiger partial charge on any atom is -0.502 e. The van der Waals surface area contributed by atoms with Gasteiger partial charge >= 0.3 is 0 Å². The summed E-state index contributed by atoms with van der Waals surface area (Å²) >= 11 is 0. The van der Waals surface area contributed by atoms with Crippen molar-refractivity contribution >= 4 is 17.4 Å². The Bertz CT molecular complexity index is 693. The molecule has 27 heavy (non-hydrogen) atoms. The van der Waals surface area contributed by atoms with E-state index < -0.39 is 11.7 Å². The molecule has 1 aliphatic carbocycles. The van der Waals surface area contributed by atoms with Gasteiger partial charge in [0.05, 0.1) is 5.57 Å². The van der Waals surface area contributed by atoms with E-state index in [2.05, 4.69) is 0 Å². The van der Waals surface area contributed by atoms with Crippen LogP contribution in [0.2, 0.25) is 0 Å². The maximum Gasteiger partial charge on any atom is 0.296 e. The fourth-order valence-corrected chi connectivity index (χ4v) is 4.25. The fourth-order valence-electron chi connectivity index (χ4n) is 4.25. The molecule has 0 aromatic heterocycles. The van der Waals surface area contributed by atoms with Gasteiger partial charge in [-0.05, 0) is 25.3 Å². The standard InChI is InChI=1S/C23H31NO3/c1-17-13-15-18(16-14-17)20-21(25)23(27)24(22(20)26)19-11-9-7-5-3-2-4-6-8-10-12-19/h13-16,19,25H,2-12H2,1H3. The van der Waals surface area contributed by atoms with E-state index in [1.807, 2.05) is 19.1 Å². The van der Waals surface area contributed by atoms with E-state index in [1.165, 1.54) is 37.0 Å². The molecule has 2 aliphatic rings. The van der Waals surface area contributed by atoms with Crippen molar-refractivity contribution in [2.45, 2.75) is 83.6 Å². The van der Waals surface area contributed by atoms with Crippen LogP contribution in [-0.4, -0.2) is 27.9 Å². The normalized spacial score (nSPS) is 21.3. The van der Waals surface area contributed by atoms with E-state index in [9.17, 15) is 14.7 Å². The zero-order valence-electron chi connectivity index (χ0n) is 16.4. The average molecular weight is 370 g/mol. The van der Waals surface area contributed by atoms with Crippen LogP contribution in [0.25, 0.3) is 5.57 Å². The summed E-state index contributed by atoms with van der Waals surface area (Å²) < 4.78 is 0. The zero-order valence-corrected chi connectivity index (χ0v) is 16.4. The van der Waals surface area contributed by atoms with Gasteiger partial charge in [0.25, 0.3) is 11.8 Å². The number of aryl methyl sites for hydroxylation is 1. The number of aliphatic hydroxyl groups is 1. The Morgan fingerprint density at radius 3 is 1.78 bits per heavy atom. The van der Waals surface area contributed by atoms with Crippen LogP contribution in [0, 0.1) is 6.92 Å². The van der Waals surface area contributed by atoms with E-state index in [0.717, 1.165) is 44.1 Å². The van der Waals surface area contributed by atoms with Gasteiger partial charge in [-0.1, -0.05) is 87.6 Å². The molecule has 3 rings (SSSR count). The molecule has 4 heteroatoms. The Morgan fingerprint density at radius 1 is 0.778 bits per heavy atom. The van der Waals surface area contributed by atoms with Crippen LogP contribution in [0.4, 0.5) is 0 Å². The number of imide groups is 1. The number of hydrogen-bond donors (Lipinski definition) is 1. The molecule has 1 N–H and O–H groups in total. The van der Waals surface area contributed by atoms with Gasteiger partial charge in [0.15, 0.2) is 5.76 Å². The van der Waals surface area contributed by atoms with Crippen molar-refractivity contribution in [3.63, 3.8) is 0 Å². The Hall–Kier alpha value is -2.10. The lowest BCUT2D eigenvalue weighted by Crippen LogP contribution is -2.41. The van der Waals surface area contributed by atoms with Crippen molar-refractivity contribution in [2.75, 3.05) is 0 Å². The molecule has 2 amide bonds. The van der Waals surface area contributed by atoms with E-state index in [1.54, 1.807) is 12.1 Å². The smallest absolute Gasteiger partial charge is 0.296 e. The molecule has 1 aromatic carbocycles. The molecular weight excluding hydrogens is 338 g/mol. The molecule has 0 radical (unpaired) electrons. The van der Waals surface area contributed by atoms with Crippen LogP contribution in [-0.2, 0) is 9.59 Å². The van der Waals surface area contributed by atoms with Gasteiger partial charge in [-0.25, -0.2) is 0 Å². The molecule has 146 valence electrons. The van der Waals surface area contributed by atoms with E-state index in [4.69, 9.17) is 0 Å². The van der Waals surface area contributed by atoms with E-state index in [-0.39, 0.29) is 17.5 Å². The van der Waals surface area contributed by atoms with Crippen molar-refractivity contribution in [3.8, 4) is 0 Å². The molecule has 0 spiro atoms. The highest BCUT2D eigenvalue weighted by atomic mass is 16.3. The summed E-state index contributed by atoms with van der Waals surface area (Å²) in [7, 11) is 0. The minimum atomic E-state index is -0.521. The second-order valence-electron chi connectivity index (χ2n) is 7.98. The van der Waals surface area contributed by atoms with Crippen LogP contribution < -0.4 is 0 Å². The number of nitrogens with zero attached hydrogens (tertiary/aromatic N) is 1. The van der Waals surface area contributed by atoms with Crippen LogP contribution in [0.5, 0.6) is 0 Å². The number of hydrogen-bond acceptors (Lipinski definition) is 3. The highest BCUT2D eigenvalue weighted by Gasteiger charge is 2.42. The summed E-state index contributed by atoms with van der Waals surface area (Å²) in [5.41, 5.74) is 1.85. The number of amides is 2. The predicted molar refractivity (Wildman–Crippen MR) is 107 cm³/mol. The maximum absolute atomic E-state index is 13.1. The largest absolute Gasteiger partial charge is 0.502 e. The number of rotatable bonds is 2.